The van der Waals surface area contributed by atoms with Crippen LogP contribution in [0.3, 0.4) is 0 Å². The van der Waals surface area contributed by atoms with Crippen molar-refractivity contribution in [3.8, 4) is 0 Å². The summed E-state index contributed by atoms with van der Waals surface area (Å²) in [5.74, 6) is -0.872. The predicted molar refractivity (Wildman–Crippen MR) is 235 cm³/mol. The number of hydrogen-bond donors (Lipinski definition) is 0. The van der Waals surface area contributed by atoms with Crippen molar-refractivity contribution >= 4 is 19.8 Å². The number of esters is 2. The molecule has 0 radical (unpaired) electrons. The second-order valence-corrected chi connectivity index (χ2v) is 18.5. The Morgan fingerprint density at radius 3 is 1.36 bits per heavy atom. The molecule has 0 spiro atoms. The summed E-state index contributed by atoms with van der Waals surface area (Å²) < 4.78 is 34.1. The molecule has 0 aromatic heterocycles. The van der Waals surface area contributed by atoms with Crippen molar-refractivity contribution in [1.29, 1.82) is 0 Å². The molecule has 342 valence electrons. The van der Waals surface area contributed by atoms with Gasteiger partial charge in [-0.05, 0) is 18.4 Å². The van der Waals surface area contributed by atoms with Gasteiger partial charge < -0.3 is 27.9 Å². The Hall–Kier alpha value is -1.68. The van der Waals surface area contributed by atoms with Crippen LogP contribution in [0, 0.1) is 0 Å². The smallest absolute Gasteiger partial charge is 0.306 e. The molecule has 58 heavy (non-hydrogen) atoms. The first-order valence-electron chi connectivity index (χ1n) is 23.8. The monoisotopic (exact) mass is 845 g/mol. The van der Waals surface area contributed by atoms with Crippen molar-refractivity contribution in [2.24, 2.45) is 5.11 Å². The number of azide groups is 1. The molecule has 0 aliphatic carbocycles. The Balaban J connectivity index is 4.49. The van der Waals surface area contributed by atoms with Crippen molar-refractivity contribution in [1.82, 2.24) is 0 Å². The second-order valence-electron chi connectivity index (χ2n) is 17.1. The van der Waals surface area contributed by atoms with Crippen LogP contribution in [0.5, 0.6) is 0 Å². The molecule has 12 nitrogen and oxygen atoms in total. The Kier molecular flexibility index (Phi) is 39.5. The molecule has 0 bridgehead atoms. The standard InChI is InChI=1S/C45H89N4O8P/c1-5-7-9-11-13-15-17-19-21-23-25-27-29-31-33-35-44(50)54-41-43(42-56-58(52,53)55-40-39-49(3,4)38-37-47-48-46)57-45(51)36-34-32-30-28-26-24-22-20-18-16-14-12-10-8-6-2/h43H,5-42H2,1-4H3/t43-/m1/s1. The Bertz CT molecular complexity index is 1060. The summed E-state index contributed by atoms with van der Waals surface area (Å²) >= 11 is 0. The van der Waals surface area contributed by atoms with E-state index in [0.717, 1.165) is 38.5 Å². The van der Waals surface area contributed by atoms with Gasteiger partial charge in [-0.15, -0.1) is 0 Å². The third kappa shape index (κ3) is 41.1. The van der Waals surface area contributed by atoms with Gasteiger partial charge in [0.2, 0.25) is 0 Å². The molecule has 0 fully saturated rings. The van der Waals surface area contributed by atoms with Gasteiger partial charge in [0.05, 0.1) is 33.8 Å². The van der Waals surface area contributed by atoms with Gasteiger partial charge in [0.25, 0.3) is 7.82 Å². The minimum Gasteiger partial charge on any atom is -0.756 e. The molecule has 13 heteroatoms. The lowest BCUT2D eigenvalue weighted by Crippen LogP contribution is -2.44. The number of hydrogen-bond acceptors (Lipinski definition) is 9. The normalized spacial score (nSPS) is 13.2. The molecule has 1 unspecified atom stereocenters. The summed E-state index contributed by atoms with van der Waals surface area (Å²) in [5, 5.41) is 3.53. The van der Waals surface area contributed by atoms with Crippen LogP contribution < -0.4 is 4.89 Å². The van der Waals surface area contributed by atoms with Crippen molar-refractivity contribution in [2.45, 2.75) is 225 Å². The number of carbonyl (C=O) groups excluding carboxylic acids is 2. The number of carbonyl (C=O) groups is 2. The highest BCUT2D eigenvalue weighted by atomic mass is 31.2. The zero-order valence-corrected chi connectivity index (χ0v) is 38.8. The number of rotatable bonds is 45. The van der Waals surface area contributed by atoms with E-state index in [9.17, 15) is 19.0 Å². The molecule has 0 aromatic carbocycles. The van der Waals surface area contributed by atoms with Gasteiger partial charge >= 0.3 is 11.9 Å². The summed E-state index contributed by atoms with van der Waals surface area (Å²) in [6, 6.07) is 0. The molecule has 2 atom stereocenters. The van der Waals surface area contributed by atoms with E-state index in [1.165, 1.54) is 148 Å². The summed E-state index contributed by atoms with van der Waals surface area (Å²) in [5.41, 5.74) is 8.51. The van der Waals surface area contributed by atoms with E-state index in [4.69, 9.17) is 24.1 Å². The minimum absolute atomic E-state index is 0.137. The van der Waals surface area contributed by atoms with Gasteiger partial charge in [-0.1, -0.05) is 199 Å². The van der Waals surface area contributed by atoms with Crippen LogP contribution in [-0.4, -0.2) is 76.1 Å². The molecule has 0 N–H and O–H groups in total. The van der Waals surface area contributed by atoms with E-state index in [-0.39, 0.29) is 32.6 Å². The van der Waals surface area contributed by atoms with Gasteiger partial charge in [-0.25, -0.2) is 0 Å². The lowest BCUT2D eigenvalue weighted by Gasteiger charge is -2.31. The lowest BCUT2D eigenvalue weighted by molar-refractivity contribution is -0.888. The van der Waals surface area contributed by atoms with Crippen LogP contribution in [0.2, 0.25) is 0 Å². The molecule has 0 aromatic rings. The maximum Gasteiger partial charge on any atom is 0.306 e. The molecule has 0 rings (SSSR count). The third-order valence-electron chi connectivity index (χ3n) is 10.9. The van der Waals surface area contributed by atoms with Gasteiger partial charge in [0, 0.05) is 17.8 Å². The van der Waals surface area contributed by atoms with Gasteiger partial charge in [-0.2, -0.15) is 0 Å². The van der Waals surface area contributed by atoms with E-state index in [2.05, 4.69) is 23.9 Å². The fourth-order valence-corrected chi connectivity index (χ4v) is 7.71. The minimum atomic E-state index is -4.73. The van der Waals surface area contributed by atoms with Crippen molar-refractivity contribution in [3.63, 3.8) is 0 Å². The molecule has 0 aliphatic heterocycles. The number of phosphoric acid groups is 1. The first kappa shape index (κ1) is 56.3. The van der Waals surface area contributed by atoms with Crippen LogP contribution in [-0.2, 0) is 32.7 Å². The van der Waals surface area contributed by atoms with E-state index >= 15 is 0 Å². The SMILES string of the molecule is CCCCCCCCCCCCCCCCCC(=O)OC[C@H](COP(=O)([O-])OCC[N+](C)(C)CCN=[N+]=[N-])OC(=O)CCCCCCCCCCCCCCCCC. The van der Waals surface area contributed by atoms with Crippen LogP contribution >= 0.6 is 7.82 Å². The Morgan fingerprint density at radius 1 is 0.586 bits per heavy atom. The average Bonchev–Trinajstić information content (AvgIpc) is 3.18. The highest BCUT2D eigenvalue weighted by Crippen LogP contribution is 2.38. The van der Waals surface area contributed by atoms with Gasteiger partial charge in [0.1, 0.15) is 19.8 Å². The fourth-order valence-electron chi connectivity index (χ4n) is 6.98. The molecule has 0 heterocycles. The molecule has 0 aliphatic rings. The van der Waals surface area contributed by atoms with Crippen LogP contribution in [0.4, 0.5) is 0 Å². The quantitative estimate of drug-likeness (QED) is 0.0111. The summed E-state index contributed by atoms with van der Waals surface area (Å²) in [4.78, 5) is 40.6. The van der Waals surface area contributed by atoms with Gasteiger partial charge in [0.15, 0.2) is 6.10 Å². The van der Waals surface area contributed by atoms with Crippen molar-refractivity contribution < 1.29 is 42.1 Å². The maximum absolute atomic E-state index is 12.7. The van der Waals surface area contributed by atoms with E-state index in [0.29, 0.717) is 24.0 Å². The zero-order chi connectivity index (χ0) is 42.8. The van der Waals surface area contributed by atoms with Crippen LogP contribution in [0.25, 0.3) is 10.4 Å². The third-order valence-corrected chi connectivity index (χ3v) is 11.9. The Labute approximate surface area is 355 Å². The first-order chi connectivity index (χ1) is 28.0. The Morgan fingerprint density at radius 2 is 0.966 bits per heavy atom. The van der Waals surface area contributed by atoms with E-state index in [1.54, 1.807) is 0 Å². The lowest BCUT2D eigenvalue weighted by atomic mass is 10.0. The topological polar surface area (TPSA) is 160 Å². The van der Waals surface area contributed by atoms with E-state index in [1.807, 2.05) is 14.1 Å². The number of quaternary nitrogens is 1. The number of phosphoric ester groups is 1. The van der Waals surface area contributed by atoms with Crippen molar-refractivity contribution in [3.05, 3.63) is 10.4 Å². The highest BCUT2D eigenvalue weighted by molar-refractivity contribution is 7.45. The molecular weight excluding hydrogens is 755 g/mol. The zero-order valence-electron chi connectivity index (χ0n) is 37.9. The number of ether oxygens (including phenoxy) is 2. The molecule has 0 saturated heterocycles. The predicted octanol–water partition coefficient (Wildman–Crippen LogP) is 12.9. The largest absolute Gasteiger partial charge is 0.756 e. The fraction of sp³-hybridized carbons (Fsp3) is 0.956. The second kappa shape index (κ2) is 40.7. The average molecular weight is 845 g/mol. The van der Waals surface area contributed by atoms with Crippen molar-refractivity contribution in [2.75, 3.05) is 53.6 Å². The van der Waals surface area contributed by atoms with E-state index < -0.39 is 32.5 Å². The van der Waals surface area contributed by atoms with Crippen LogP contribution in [0.1, 0.15) is 219 Å². The maximum atomic E-state index is 12.7. The molecule has 0 amide bonds. The summed E-state index contributed by atoms with van der Waals surface area (Å²) in [6.07, 6.45) is 36.4. The van der Waals surface area contributed by atoms with Crippen LogP contribution in [0.15, 0.2) is 5.11 Å². The molecular formula is C45H89N4O8P. The first-order valence-corrected chi connectivity index (χ1v) is 25.3. The number of nitrogens with zero attached hydrogens (tertiary/aromatic N) is 4. The highest BCUT2D eigenvalue weighted by Gasteiger charge is 2.22. The van der Waals surface area contributed by atoms with Gasteiger partial charge in [-0.3, -0.25) is 14.2 Å². The summed E-state index contributed by atoms with van der Waals surface area (Å²) in [6.45, 7) is 4.71. The molecule has 0 saturated carbocycles. The number of likely N-dealkylation sites (N-methyl/N-ethyl adjacent to an activating group) is 1. The summed E-state index contributed by atoms with van der Waals surface area (Å²) in [7, 11) is -0.989. The number of unbranched alkanes of at least 4 members (excludes halogenated alkanes) is 28.